The molecule has 0 aliphatic carbocycles. The normalized spacial score (nSPS) is 21.7. The van der Waals surface area contributed by atoms with Crippen LogP contribution in [0.3, 0.4) is 0 Å². The maximum Gasteiger partial charge on any atom is 0.498 e. The Hall–Kier alpha value is -1.89. The molecule has 1 aromatic rings. The van der Waals surface area contributed by atoms with Crippen molar-refractivity contribution in [1.29, 1.82) is 5.26 Å². The van der Waals surface area contributed by atoms with Crippen LogP contribution in [0.15, 0.2) is 12.4 Å². The molecular weight excluding hydrogens is 359 g/mol. The molecule has 0 saturated carbocycles. The molecule has 2 fully saturated rings. The Morgan fingerprint density at radius 2 is 1.89 bits per heavy atom. The highest BCUT2D eigenvalue weighted by atomic mass is 16.7. The molecule has 154 valence electrons. The van der Waals surface area contributed by atoms with Gasteiger partial charge >= 0.3 is 7.12 Å². The summed E-state index contributed by atoms with van der Waals surface area (Å²) in [7, 11) is -0.407. The number of aromatic nitrogens is 2. The van der Waals surface area contributed by atoms with Gasteiger partial charge in [-0.05, 0) is 48.5 Å². The van der Waals surface area contributed by atoms with Crippen molar-refractivity contribution in [2.45, 2.75) is 77.2 Å². The lowest BCUT2D eigenvalue weighted by atomic mass is 9.81. The predicted octanol–water partition coefficient (Wildman–Crippen LogP) is 1.35. The molecule has 0 radical (unpaired) electrons. The van der Waals surface area contributed by atoms with E-state index in [1.54, 1.807) is 6.20 Å². The molecule has 3 heterocycles. The van der Waals surface area contributed by atoms with Gasteiger partial charge in [-0.1, -0.05) is 0 Å². The van der Waals surface area contributed by atoms with Gasteiger partial charge in [0.1, 0.15) is 11.1 Å². The van der Waals surface area contributed by atoms with Crippen LogP contribution in [0.2, 0.25) is 0 Å². The van der Waals surface area contributed by atoms with Crippen molar-refractivity contribution in [3.8, 4) is 6.07 Å². The number of carbonyl (C=O) groups is 1. The number of rotatable bonds is 4. The summed E-state index contributed by atoms with van der Waals surface area (Å²) in [5, 5.41) is 16.7. The van der Waals surface area contributed by atoms with Crippen molar-refractivity contribution in [1.82, 2.24) is 15.1 Å². The minimum Gasteiger partial charge on any atom is -0.462 e. The van der Waals surface area contributed by atoms with Crippen molar-refractivity contribution in [2.24, 2.45) is 0 Å². The molecule has 0 bridgehead atoms. The van der Waals surface area contributed by atoms with Gasteiger partial charge in [0, 0.05) is 30.9 Å². The maximum atomic E-state index is 9.60. The predicted molar refractivity (Wildman–Crippen MR) is 106 cm³/mol. The second-order valence-electron chi connectivity index (χ2n) is 9.30. The molecule has 3 rings (SSSR count). The molecule has 8 nitrogen and oxygen atoms in total. The van der Waals surface area contributed by atoms with E-state index < -0.39 is 7.12 Å². The molecule has 2 aliphatic rings. The number of carbonyl (C=O) groups excluding carboxylic acids is 1. The second-order valence-corrected chi connectivity index (χ2v) is 9.30. The fraction of sp³-hybridized carbons (Fsp3) is 0.737. The summed E-state index contributed by atoms with van der Waals surface area (Å²) >= 11 is 0. The lowest BCUT2D eigenvalue weighted by Crippen LogP contribution is -2.60. The Kier molecular flexibility index (Phi) is 6.29. The smallest absolute Gasteiger partial charge is 0.462 e. The minimum atomic E-state index is -0.407. The van der Waals surface area contributed by atoms with E-state index in [9.17, 15) is 4.79 Å². The van der Waals surface area contributed by atoms with Gasteiger partial charge in [0.05, 0.1) is 23.7 Å². The van der Waals surface area contributed by atoms with Gasteiger partial charge in [-0.2, -0.15) is 10.4 Å². The summed E-state index contributed by atoms with van der Waals surface area (Å²) in [4.78, 5) is 9.60. The van der Waals surface area contributed by atoms with E-state index in [1.165, 1.54) is 0 Å². The van der Waals surface area contributed by atoms with E-state index in [2.05, 4.69) is 21.2 Å². The van der Waals surface area contributed by atoms with Crippen molar-refractivity contribution in [3.05, 3.63) is 12.4 Å². The third kappa shape index (κ3) is 4.74. The zero-order valence-electron chi connectivity index (χ0n) is 17.9. The lowest BCUT2D eigenvalue weighted by molar-refractivity contribution is -0.138. The van der Waals surface area contributed by atoms with Gasteiger partial charge in [0.15, 0.2) is 0 Å². The molecule has 28 heavy (non-hydrogen) atoms. The maximum absolute atomic E-state index is 9.60. The number of nitrogens with one attached hydrogen (secondary N) is 1. The van der Waals surface area contributed by atoms with Gasteiger partial charge in [-0.3, -0.25) is 9.48 Å². The summed E-state index contributed by atoms with van der Waals surface area (Å²) in [6.45, 7) is 15.6. The first-order valence-corrected chi connectivity index (χ1v) is 9.46. The number of ether oxygens (including phenoxy) is 1. The molecule has 2 saturated heterocycles. The van der Waals surface area contributed by atoms with E-state index in [4.69, 9.17) is 14.6 Å². The van der Waals surface area contributed by atoms with Crippen LogP contribution in [0, 0.1) is 11.3 Å². The topological polar surface area (TPSA) is 98.4 Å². The molecule has 2 aliphatic heterocycles. The monoisotopic (exact) mass is 390 g/mol. The average molecular weight is 390 g/mol. The van der Waals surface area contributed by atoms with Gasteiger partial charge < -0.3 is 19.4 Å². The summed E-state index contributed by atoms with van der Waals surface area (Å²) in [6.07, 6.45) is 4.17. The first kappa shape index (κ1) is 22.4. The Morgan fingerprint density at radius 1 is 1.32 bits per heavy atom. The first-order valence-electron chi connectivity index (χ1n) is 9.46. The quantitative estimate of drug-likeness (QED) is 0.612. The summed E-state index contributed by atoms with van der Waals surface area (Å²) in [5.41, 5.74) is -0.360. The molecule has 0 spiro atoms. The summed E-state index contributed by atoms with van der Waals surface area (Å²) in [5.74, 6) is 0. The molecule has 0 amide bonds. The number of nitrogens with zero attached hydrogens (tertiary/aromatic N) is 3. The summed E-state index contributed by atoms with van der Waals surface area (Å²) < 4.78 is 18.5. The standard InChI is InChI=1S/C14H21BN4O2.C5H10O2/c1-12(2)13(3,4)21-15(20-12)11-7-18-19(8-11)14(5-6-16)9-17-10-14;1-5(2,3)7-4-6/h7-8,17H,5,9-10H2,1-4H3;4H,1-3H3. The number of hydrogen-bond donors (Lipinski definition) is 1. The van der Waals surface area contributed by atoms with Crippen LogP contribution >= 0.6 is 0 Å². The van der Waals surface area contributed by atoms with Crippen LogP contribution in [0.4, 0.5) is 0 Å². The van der Waals surface area contributed by atoms with Gasteiger partial charge in [0.25, 0.3) is 6.47 Å². The molecule has 1 aromatic heterocycles. The lowest BCUT2D eigenvalue weighted by Gasteiger charge is -2.41. The third-order valence-electron chi connectivity index (χ3n) is 5.33. The highest BCUT2D eigenvalue weighted by Gasteiger charge is 2.52. The van der Waals surface area contributed by atoms with Crippen molar-refractivity contribution >= 4 is 19.1 Å². The van der Waals surface area contributed by atoms with Crippen LogP contribution in [-0.2, 0) is 24.4 Å². The first-order chi connectivity index (χ1) is 12.9. The number of hydrogen-bond acceptors (Lipinski definition) is 7. The van der Waals surface area contributed by atoms with Crippen LogP contribution in [0.25, 0.3) is 0 Å². The van der Waals surface area contributed by atoms with E-state index in [-0.39, 0.29) is 22.3 Å². The fourth-order valence-corrected chi connectivity index (χ4v) is 2.77. The fourth-order valence-electron chi connectivity index (χ4n) is 2.77. The minimum absolute atomic E-state index is 0.226. The molecule has 9 heteroatoms. The highest BCUT2D eigenvalue weighted by molar-refractivity contribution is 6.62. The third-order valence-corrected chi connectivity index (χ3v) is 5.33. The van der Waals surface area contributed by atoms with Gasteiger partial charge in [0.2, 0.25) is 0 Å². The van der Waals surface area contributed by atoms with Crippen molar-refractivity contribution < 1.29 is 18.8 Å². The molecule has 0 unspecified atom stereocenters. The van der Waals surface area contributed by atoms with Crippen LogP contribution < -0.4 is 10.8 Å². The Balaban J connectivity index is 0.000000345. The van der Waals surface area contributed by atoms with E-state index >= 15 is 0 Å². The molecule has 1 N–H and O–H groups in total. The SMILES string of the molecule is CC(C)(C)OC=O.CC1(C)OB(c2cnn(C3(CC#N)CNC3)c2)OC1(C)C. The van der Waals surface area contributed by atoms with E-state index in [1.807, 2.05) is 59.3 Å². The zero-order chi connectivity index (χ0) is 21.2. The van der Waals surface area contributed by atoms with E-state index in [0.717, 1.165) is 18.6 Å². The van der Waals surface area contributed by atoms with Gasteiger partial charge in [-0.25, -0.2) is 0 Å². The zero-order valence-corrected chi connectivity index (χ0v) is 17.9. The van der Waals surface area contributed by atoms with Crippen LogP contribution in [-0.4, -0.2) is 53.3 Å². The van der Waals surface area contributed by atoms with Crippen molar-refractivity contribution in [2.75, 3.05) is 13.1 Å². The summed E-state index contributed by atoms with van der Waals surface area (Å²) in [6, 6.07) is 2.25. The molecular formula is C19H31BN4O4. The van der Waals surface area contributed by atoms with Crippen LogP contribution in [0.1, 0.15) is 54.9 Å². The second kappa shape index (κ2) is 7.86. The van der Waals surface area contributed by atoms with Gasteiger partial charge in [-0.15, -0.1) is 0 Å². The average Bonchev–Trinajstić information content (AvgIpc) is 3.06. The molecule has 0 aromatic carbocycles. The Labute approximate surface area is 167 Å². The molecule has 0 atom stereocenters. The van der Waals surface area contributed by atoms with Crippen LogP contribution in [0.5, 0.6) is 0 Å². The Morgan fingerprint density at radius 3 is 2.25 bits per heavy atom. The number of nitriles is 1. The van der Waals surface area contributed by atoms with E-state index in [0.29, 0.717) is 12.9 Å². The highest BCUT2D eigenvalue weighted by Crippen LogP contribution is 2.36. The largest absolute Gasteiger partial charge is 0.498 e. The Bertz CT molecular complexity index is 713. The van der Waals surface area contributed by atoms with Crippen molar-refractivity contribution in [3.63, 3.8) is 0 Å².